The van der Waals surface area contributed by atoms with Gasteiger partial charge < -0.3 is 5.21 Å². The summed E-state index contributed by atoms with van der Waals surface area (Å²) in [6, 6.07) is 4.93. The molecule has 0 aromatic heterocycles. The van der Waals surface area contributed by atoms with E-state index in [1.807, 2.05) is 6.92 Å². The minimum atomic E-state index is -0.507. The molecular formula is C10H7NO3. The van der Waals surface area contributed by atoms with Gasteiger partial charge in [-0.15, -0.1) is 0 Å². The smallest absolute Gasteiger partial charge is 0.219 e. The van der Waals surface area contributed by atoms with Crippen LogP contribution in [0.25, 0.3) is 10.8 Å². The molecule has 0 amide bonds. The van der Waals surface area contributed by atoms with Crippen molar-refractivity contribution in [3.05, 3.63) is 49.6 Å². The molecule has 0 atom stereocenters. The molecule has 0 bridgehead atoms. The van der Waals surface area contributed by atoms with Crippen LogP contribution in [0, 0.1) is 6.92 Å². The van der Waals surface area contributed by atoms with Crippen LogP contribution in [0.5, 0.6) is 0 Å². The summed E-state index contributed by atoms with van der Waals surface area (Å²) in [5.74, 6) is 0. The number of benzene rings is 1. The van der Waals surface area contributed by atoms with Gasteiger partial charge in [0.25, 0.3) is 0 Å². The summed E-state index contributed by atoms with van der Waals surface area (Å²) in [6.07, 6.45) is 0. The van der Waals surface area contributed by atoms with Gasteiger partial charge in [0, 0.05) is 10.8 Å². The molecule has 70 valence electrons. The monoisotopic (exact) mass is 189 g/mol. The van der Waals surface area contributed by atoms with Gasteiger partial charge >= 0.3 is 0 Å². The molecular weight excluding hydrogens is 182 g/mol. The first kappa shape index (κ1) is 8.62. The van der Waals surface area contributed by atoms with Gasteiger partial charge in [-0.25, -0.2) is 0 Å². The first-order valence-electron chi connectivity index (χ1n) is 4.07. The van der Waals surface area contributed by atoms with Crippen LogP contribution >= 0.6 is 0 Å². The normalized spacial score (nSPS) is 12.5. The van der Waals surface area contributed by atoms with Gasteiger partial charge in [0.15, 0.2) is 5.36 Å². The van der Waals surface area contributed by atoms with Crippen LogP contribution in [0.4, 0.5) is 0 Å². The molecule has 0 radical (unpaired) electrons. The van der Waals surface area contributed by atoms with Crippen LogP contribution < -0.4 is 16.2 Å². The molecule has 2 aromatic carbocycles. The van der Waals surface area contributed by atoms with Crippen molar-refractivity contribution >= 4 is 10.8 Å². The van der Waals surface area contributed by atoms with E-state index in [1.165, 1.54) is 0 Å². The molecule has 0 spiro atoms. The minimum Gasteiger partial charge on any atom is -0.410 e. The Kier molecular flexibility index (Phi) is 1.70. The zero-order valence-electron chi connectivity index (χ0n) is 7.44. The Labute approximate surface area is 78.4 Å². The van der Waals surface area contributed by atoms with Gasteiger partial charge in [0.2, 0.25) is 10.9 Å². The lowest BCUT2D eigenvalue weighted by Gasteiger charge is -1.89. The molecule has 2 rings (SSSR count). The number of hydrogen-bond acceptors (Lipinski definition) is 4. The maximum atomic E-state index is 11.5. The van der Waals surface area contributed by atoms with E-state index >= 15 is 0 Å². The predicted octanol–water partition coefficient (Wildman–Crippen LogP) is 0.0341. The topological polar surface area (TPSA) is 66.7 Å². The van der Waals surface area contributed by atoms with E-state index < -0.39 is 16.2 Å². The van der Waals surface area contributed by atoms with Crippen molar-refractivity contribution in [2.75, 3.05) is 0 Å². The molecule has 4 nitrogen and oxygen atoms in total. The number of nitrogens with zero attached hydrogens (tertiary/aromatic N) is 1. The van der Waals surface area contributed by atoms with Crippen LogP contribution in [0.1, 0.15) is 5.56 Å². The van der Waals surface area contributed by atoms with Gasteiger partial charge in [0.05, 0.1) is 0 Å². The van der Waals surface area contributed by atoms with Crippen molar-refractivity contribution in [2.45, 2.75) is 6.92 Å². The highest BCUT2D eigenvalue weighted by Crippen LogP contribution is 2.06. The molecule has 0 saturated carbocycles. The summed E-state index contributed by atoms with van der Waals surface area (Å²) in [7, 11) is 0. The maximum Gasteiger partial charge on any atom is 0.219 e. The Balaban J connectivity index is 3.20. The molecule has 0 saturated heterocycles. The lowest BCUT2D eigenvalue weighted by Crippen LogP contribution is -2.31. The van der Waals surface area contributed by atoms with Crippen molar-refractivity contribution in [3.8, 4) is 0 Å². The highest BCUT2D eigenvalue weighted by Gasteiger charge is 2.10. The number of aryl methyl sites for hydroxylation is 1. The van der Waals surface area contributed by atoms with E-state index in [0.717, 1.165) is 5.56 Å². The molecule has 2 aromatic rings. The Morgan fingerprint density at radius 1 is 1.14 bits per heavy atom. The Hall–Kier alpha value is -1.97. The third kappa shape index (κ3) is 0.970. The van der Waals surface area contributed by atoms with Gasteiger partial charge in [-0.1, -0.05) is 16.8 Å². The summed E-state index contributed by atoms with van der Waals surface area (Å²) < 4.78 is 0. The number of rotatable bonds is 0. The fourth-order valence-electron chi connectivity index (χ4n) is 1.49. The zero-order chi connectivity index (χ0) is 10.3. The second-order valence-corrected chi connectivity index (χ2v) is 3.16. The SMILES string of the molecule is Cc1ccc2c(=O)c(=NO)c(=O)c2c1. The summed E-state index contributed by atoms with van der Waals surface area (Å²) in [5, 5.41) is 11.4. The van der Waals surface area contributed by atoms with E-state index in [1.54, 1.807) is 18.2 Å². The Morgan fingerprint density at radius 3 is 2.43 bits per heavy atom. The van der Waals surface area contributed by atoms with Gasteiger partial charge in [-0.2, -0.15) is 0 Å². The Morgan fingerprint density at radius 2 is 1.79 bits per heavy atom. The Bertz CT molecular complexity index is 648. The van der Waals surface area contributed by atoms with Gasteiger partial charge in [-0.05, 0) is 19.1 Å². The molecule has 14 heavy (non-hydrogen) atoms. The third-order valence-electron chi connectivity index (χ3n) is 2.19. The lowest BCUT2D eigenvalue weighted by atomic mass is 10.1. The fraction of sp³-hybridized carbons (Fsp3) is 0.100. The maximum absolute atomic E-state index is 11.5. The predicted molar refractivity (Wildman–Crippen MR) is 50.9 cm³/mol. The van der Waals surface area contributed by atoms with Crippen LogP contribution in [-0.2, 0) is 0 Å². The van der Waals surface area contributed by atoms with Crippen LogP contribution in [0.3, 0.4) is 0 Å². The van der Waals surface area contributed by atoms with Crippen molar-refractivity contribution in [1.82, 2.24) is 0 Å². The second kappa shape index (κ2) is 2.77. The summed E-state index contributed by atoms with van der Waals surface area (Å²) >= 11 is 0. The lowest BCUT2D eigenvalue weighted by molar-refractivity contribution is 0.301. The molecule has 0 fully saturated rings. The fourth-order valence-corrected chi connectivity index (χ4v) is 1.49. The van der Waals surface area contributed by atoms with E-state index in [2.05, 4.69) is 5.16 Å². The van der Waals surface area contributed by atoms with Crippen molar-refractivity contribution in [3.63, 3.8) is 0 Å². The summed E-state index contributed by atoms with van der Waals surface area (Å²) in [6.45, 7) is 1.83. The van der Waals surface area contributed by atoms with Gasteiger partial charge in [0.1, 0.15) is 0 Å². The zero-order valence-corrected chi connectivity index (χ0v) is 7.44. The van der Waals surface area contributed by atoms with E-state index in [-0.39, 0.29) is 0 Å². The van der Waals surface area contributed by atoms with Crippen LogP contribution in [0.2, 0.25) is 0 Å². The molecule has 1 N–H and O–H groups in total. The average Bonchev–Trinajstić information content (AvgIpc) is 2.39. The van der Waals surface area contributed by atoms with Crippen molar-refractivity contribution < 1.29 is 5.21 Å². The quantitative estimate of drug-likeness (QED) is 0.469. The van der Waals surface area contributed by atoms with E-state index in [0.29, 0.717) is 10.8 Å². The molecule has 4 heteroatoms. The highest BCUT2D eigenvalue weighted by atomic mass is 16.4. The van der Waals surface area contributed by atoms with E-state index in [4.69, 9.17) is 5.21 Å². The third-order valence-corrected chi connectivity index (χ3v) is 2.19. The standard InChI is InChI=1S/C10H7NO3/c1-5-2-3-6-7(4-5)10(13)8(11-14)9(6)12/h2-4,14H,1H3. The molecule has 0 aliphatic carbocycles. The highest BCUT2D eigenvalue weighted by molar-refractivity contribution is 5.83. The molecule has 0 heterocycles. The summed E-state index contributed by atoms with van der Waals surface area (Å²) in [5.41, 5.74) is -0.118. The molecule has 0 unspecified atom stereocenters. The van der Waals surface area contributed by atoms with Crippen molar-refractivity contribution in [2.24, 2.45) is 5.16 Å². The van der Waals surface area contributed by atoms with Crippen LogP contribution in [0.15, 0.2) is 32.9 Å². The number of hydrogen-bond donors (Lipinski definition) is 1. The first-order chi connectivity index (χ1) is 6.65. The van der Waals surface area contributed by atoms with Crippen LogP contribution in [-0.4, -0.2) is 5.21 Å². The minimum absolute atomic E-state index is 0.313. The van der Waals surface area contributed by atoms with E-state index in [9.17, 15) is 9.59 Å². The molecule has 0 aliphatic rings. The largest absolute Gasteiger partial charge is 0.410 e. The second-order valence-electron chi connectivity index (χ2n) is 3.16. The summed E-state index contributed by atoms with van der Waals surface area (Å²) in [4.78, 5) is 22.9. The van der Waals surface area contributed by atoms with Gasteiger partial charge in [-0.3, -0.25) is 9.59 Å². The number of fused-ring (bicyclic) bond motifs is 1. The van der Waals surface area contributed by atoms with Crippen molar-refractivity contribution in [1.29, 1.82) is 0 Å². The first-order valence-corrected chi connectivity index (χ1v) is 4.07. The average molecular weight is 189 g/mol. The molecule has 0 aliphatic heterocycles.